The Morgan fingerprint density at radius 3 is 2.30 bits per heavy atom. The fourth-order valence-electron chi connectivity index (χ4n) is 2.88. The minimum atomic E-state index is -0.198. The standard InChI is InChI=1S/C24H23ClN2O2S/c25-20-12-10-19(11-13-20)16-30-17-23(28)27-22-9-5-4-8-21(22)24(29)26-15-14-18-6-2-1-3-7-18/h1-13H,14-17H2,(H,26,29)(H,27,28). The van der Waals surface area contributed by atoms with Crippen molar-refractivity contribution in [2.45, 2.75) is 12.2 Å². The quantitative estimate of drug-likeness (QED) is 0.483. The van der Waals surface area contributed by atoms with Gasteiger partial charge in [-0.25, -0.2) is 0 Å². The molecule has 0 saturated heterocycles. The van der Waals surface area contributed by atoms with Crippen LogP contribution in [0.2, 0.25) is 5.02 Å². The van der Waals surface area contributed by atoms with Crippen molar-refractivity contribution >= 4 is 40.9 Å². The van der Waals surface area contributed by atoms with E-state index in [1.165, 1.54) is 11.8 Å². The molecule has 4 nitrogen and oxygen atoms in total. The summed E-state index contributed by atoms with van der Waals surface area (Å²) in [7, 11) is 0. The Bertz CT molecular complexity index is 978. The number of halogens is 1. The fourth-order valence-corrected chi connectivity index (χ4v) is 3.79. The van der Waals surface area contributed by atoms with Gasteiger partial charge in [-0.3, -0.25) is 9.59 Å². The van der Waals surface area contributed by atoms with Crippen molar-refractivity contribution in [3.63, 3.8) is 0 Å². The summed E-state index contributed by atoms with van der Waals surface area (Å²) in [5, 5.41) is 6.47. The number of rotatable bonds is 9. The number of hydrogen-bond donors (Lipinski definition) is 2. The van der Waals surface area contributed by atoms with E-state index in [9.17, 15) is 9.59 Å². The predicted octanol–water partition coefficient (Wildman–Crippen LogP) is 5.18. The number of carbonyl (C=O) groups is 2. The van der Waals surface area contributed by atoms with E-state index in [0.29, 0.717) is 34.3 Å². The number of thioether (sulfide) groups is 1. The van der Waals surface area contributed by atoms with Crippen LogP contribution in [-0.4, -0.2) is 24.1 Å². The second-order valence-electron chi connectivity index (χ2n) is 6.70. The smallest absolute Gasteiger partial charge is 0.253 e. The van der Waals surface area contributed by atoms with Crippen molar-refractivity contribution in [2.24, 2.45) is 0 Å². The second kappa shape index (κ2) is 11.4. The third kappa shape index (κ3) is 6.94. The van der Waals surface area contributed by atoms with E-state index >= 15 is 0 Å². The lowest BCUT2D eigenvalue weighted by molar-refractivity contribution is -0.113. The molecule has 3 rings (SSSR count). The molecule has 2 N–H and O–H groups in total. The summed E-state index contributed by atoms with van der Waals surface area (Å²) in [5.74, 6) is 0.674. The van der Waals surface area contributed by atoms with Gasteiger partial charge in [0.2, 0.25) is 5.91 Å². The molecule has 154 valence electrons. The van der Waals surface area contributed by atoms with Crippen LogP contribution >= 0.6 is 23.4 Å². The van der Waals surface area contributed by atoms with Gasteiger partial charge in [-0.05, 0) is 41.8 Å². The molecule has 0 aliphatic carbocycles. The lowest BCUT2D eigenvalue weighted by Gasteiger charge is -2.11. The van der Waals surface area contributed by atoms with Crippen LogP contribution in [-0.2, 0) is 17.0 Å². The van der Waals surface area contributed by atoms with Crippen LogP contribution < -0.4 is 10.6 Å². The average molecular weight is 439 g/mol. The van der Waals surface area contributed by atoms with Gasteiger partial charge in [-0.15, -0.1) is 11.8 Å². The topological polar surface area (TPSA) is 58.2 Å². The highest BCUT2D eigenvalue weighted by molar-refractivity contribution is 7.99. The summed E-state index contributed by atoms with van der Waals surface area (Å²) in [5.41, 5.74) is 3.25. The third-order valence-electron chi connectivity index (χ3n) is 4.40. The zero-order chi connectivity index (χ0) is 21.2. The molecule has 0 aliphatic rings. The Kier molecular flexibility index (Phi) is 8.36. The van der Waals surface area contributed by atoms with Crippen LogP contribution in [0.1, 0.15) is 21.5 Å². The highest BCUT2D eigenvalue weighted by atomic mass is 35.5. The van der Waals surface area contributed by atoms with Gasteiger partial charge >= 0.3 is 0 Å². The average Bonchev–Trinajstić information content (AvgIpc) is 2.76. The summed E-state index contributed by atoms with van der Waals surface area (Å²) < 4.78 is 0. The maximum Gasteiger partial charge on any atom is 0.253 e. The van der Waals surface area contributed by atoms with Crippen LogP contribution in [0.4, 0.5) is 5.69 Å². The molecule has 0 radical (unpaired) electrons. The highest BCUT2D eigenvalue weighted by Gasteiger charge is 2.13. The minimum Gasteiger partial charge on any atom is -0.352 e. The van der Waals surface area contributed by atoms with Gasteiger partial charge in [-0.2, -0.15) is 0 Å². The molecule has 0 saturated carbocycles. The molecule has 6 heteroatoms. The van der Waals surface area contributed by atoms with Gasteiger partial charge in [0, 0.05) is 17.3 Å². The molecule has 0 bridgehead atoms. The molecule has 3 aromatic rings. The lowest BCUT2D eigenvalue weighted by Crippen LogP contribution is -2.27. The number of amides is 2. The molecule has 0 heterocycles. The normalized spacial score (nSPS) is 10.4. The Morgan fingerprint density at radius 2 is 1.53 bits per heavy atom. The summed E-state index contributed by atoms with van der Waals surface area (Å²) in [6.07, 6.45) is 0.752. The van der Waals surface area contributed by atoms with Gasteiger partial charge in [0.05, 0.1) is 17.0 Å². The predicted molar refractivity (Wildman–Crippen MR) is 125 cm³/mol. The van der Waals surface area contributed by atoms with Crippen LogP contribution in [0.25, 0.3) is 0 Å². The van der Waals surface area contributed by atoms with E-state index in [1.54, 1.807) is 24.3 Å². The molecule has 0 fully saturated rings. The molecule has 0 unspecified atom stereocenters. The van der Waals surface area contributed by atoms with E-state index in [0.717, 1.165) is 17.5 Å². The van der Waals surface area contributed by atoms with Crippen LogP contribution in [0.5, 0.6) is 0 Å². The van der Waals surface area contributed by atoms with Crippen LogP contribution in [0.15, 0.2) is 78.9 Å². The van der Waals surface area contributed by atoms with Crippen molar-refractivity contribution in [2.75, 3.05) is 17.6 Å². The number of anilines is 1. The first kappa shape index (κ1) is 21.9. The van der Waals surface area contributed by atoms with Gasteiger partial charge in [-0.1, -0.05) is 66.2 Å². The van der Waals surface area contributed by atoms with Gasteiger partial charge in [0.15, 0.2) is 0 Å². The molecule has 3 aromatic carbocycles. The molecular weight excluding hydrogens is 416 g/mol. The van der Waals surface area contributed by atoms with Crippen molar-refractivity contribution in [3.8, 4) is 0 Å². The second-order valence-corrected chi connectivity index (χ2v) is 8.13. The summed E-state index contributed by atoms with van der Waals surface area (Å²) >= 11 is 7.40. The molecular formula is C24H23ClN2O2S. The summed E-state index contributed by atoms with van der Waals surface area (Å²) in [6.45, 7) is 0.530. The number of carbonyl (C=O) groups excluding carboxylic acids is 2. The van der Waals surface area contributed by atoms with Crippen molar-refractivity contribution in [1.29, 1.82) is 0 Å². The van der Waals surface area contributed by atoms with Crippen LogP contribution in [0.3, 0.4) is 0 Å². The van der Waals surface area contributed by atoms with Crippen molar-refractivity contribution in [1.82, 2.24) is 5.32 Å². The van der Waals surface area contributed by atoms with E-state index in [1.807, 2.05) is 54.6 Å². The first-order valence-electron chi connectivity index (χ1n) is 9.65. The number of para-hydroxylation sites is 1. The van der Waals surface area contributed by atoms with Crippen molar-refractivity contribution in [3.05, 3.63) is 101 Å². The lowest BCUT2D eigenvalue weighted by atomic mass is 10.1. The molecule has 30 heavy (non-hydrogen) atoms. The SMILES string of the molecule is O=C(CSCc1ccc(Cl)cc1)Nc1ccccc1C(=O)NCCc1ccccc1. The van der Waals surface area contributed by atoms with E-state index < -0.39 is 0 Å². The van der Waals surface area contributed by atoms with E-state index in [4.69, 9.17) is 11.6 Å². The van der Waals surface area contributed by atoms with Crippen LogP contribution in [0, 0.1) is 0 Å². The zero-order valence-corrected chi connectivity index (χ0v) is 18.0. The number of benzene rings is 3. The Balaban J connectivity index is 1.49. The van der Waals surface area contributed by atoms with Crippen molar-refractivity contribution < 1.29 is 9.59 Å². The monoisotopic (exact) mass is 438 g/mol. The number of nitrogens with one attached hydrogen (secondary N) is 2. The first-order valence-corrected chi connectivity index (χ1v) is 11.2. The Hall–Kier alpha value is -2.76. The highest BCUT2D eigenvalue weighted by Crippen LogP contribution is 2.18. The minimum absolute atomic E-state index is 0.140. The Morgan fingerprint density at radius 1 is 0.833 bits per heavy atom. The first-order chi connectivity index (χ1) is 14.6. The summed E-state index contributed by atoms with van der Waals surface area (Å²) in [6, 6.07) is 24.6. The molecule has 2 amide bonds. The largest absolute Gasteiger partial charge is 0.352 e. The Labute approximate surface area is 186 Å². The van der Waals surface area contributed by atoms with Gasteiger partial charge in [0.1, 0.15) is 0 Å². The third-order valence-corrected chi connectivity index (χ3v) is 5.66. The summed E-state index contributed by atoms with van der Waals surface area (Å²) in [4.78, 5) is 24.9. The maximum absolute atomic E-state index is 12.6. The zero-order valence-electron chi connectivity index (χ0n) is 16.4. The molecule has 0 atom stereocenters. The molecule has 0 aromatic heterocycles. The van der Waals surface area contributed by atoms with Gasteiger partial charge < -0.3 is 10.6 Å². The van der Waals surface area contributed by atoms with Gasteiger partial charge in [0.25, 0.3) is 5.91 Å². The van der Waals surface area contributed by atoms with E-state index in [-0.39, 0.29) is 11.8 Å². The molecule has 0 aliphatic heterocycles. The number of hydrogen-bond acceptors (Lipinski definition) is 3. The van der Waals surface area contributed by atoms with E-state index in [2.05, 4.69) is 10.6 Å². The maximum atomic E-state index is 12.6. The fraction of sp³-hybridized carbons (Fsp3) is 0.167. The molecule has 0 spiro atoms.